The molecule has 4 nitrogen and oxygen atoms in total. The summed E-state index contributed by atoms with van der Waals surface area (Å²) in [5.74, 6) is 1.43. The molecule has 2 N–H and O–H groups in total. The lowest BCUT2D eigenvalue weighted by Crippen LogP contribution is -2.07. The first-order valence-corrected chi connectivity index (χ1v) is 8.72. The number of hydrogen-bond acceptors (Lipinski definition) is 4. The molecular formula is C22H20N4. The molecule has 1 atom stereocenters. The van der Waals surface area contributed by atoms with E-state index in [0.717, 1.165) is 23.1 Å². The fraction of sp³-hybridized carbons (Fsp3) is 0.136. The number of nitrogens with zero attached hydrogens (tertiary/aromatic N) is 3. The Morgan fingerprint density at radius 2 is 1.73 bits per heavy atom. The van der Waals surface area contributed by atoms with Gasteiger partial charge < -0.3 is 5.73 Å². The van der Waals surface area contributed by atoms with Crippen molar-refractivity contribution in [2.45, 2.75) is 19.3 Å². The lowest BCUT2D eigenvalue weighted by Gasteiger charge is -2.13. The molecule has 0 radical (unpaired) electrons. The SMILES string of the molecule is CC(Cc1cccc(-c2ccccc2)c1)c1nc(N)c2ccncc2n1. The molecule has 4 heteroatoms. The Kier molecular flexibility index (Phi) is 4.32. The second kappa shape index (κ2) is 6.92. The van der Waals surface area contributed by atoms with Gasteiger partial charge >= 0.3 is 0 Å². The Balaban J connectivity index is 1.62. The molecule has 0 bridgehead atoms. The van der Waals surface area contributed by atoms with E-state index in [0.29, 0.717) is 5.82 Å². The van der Waals surface area contributed by atoms with E-state index in [1.807, 2.05) is 12.1 Å². The van der Waals surface area contributed by atoms with E-state index in [9.17, 15) is 0 Å². The summed E-state index contributed by atoms with van der Waals surface area (Å²) in [6, 6.07) is 20.9. The van der Waals surface area contributed by atoms with Crippen molar-refractivity contribution in [1.82, 2.24) is 15.0 Å². The molecule has 2 aromatic heterocycles. The quantitative estimate of drug-likeness (QED) is 0.589. The van der Waals surface area contributed by atoms with Gasteiger partial charge in [-0.2, -0.15) is 0 Å². The molecule has 0 spiro atoms. The number of pyridine rings is 1. The van der Waals surface area contributed by atoms with Crippen molar-refractivity contribution in [3.63, 3.8) is 0 Å². The third-order valence-corrected chi connectivity index (χ3v) is 4.56. The van der Waals surface area contributed by atoms with Crippen LogP contribution in [-0.4, -0.2) is 15.0 Å². The van der Waals surface area contributed by atoms with Crippen LogP contribution in [0.2, 0.25) is 0 Å². The maximum absolute atomic E-state index is 6.11. The molecule has 0 amide bonds. The molecule has 1 unspecified atom stereocenters. The summed E-state index contributed by atoms with van der Waals surface area (Å²) in [7, 11) is 0. The highest BCUT2D eigenvalue weighted by molar-refractivity contribution is 5.87. The molecular weight excluding hydrogens is 320 g/mol. The Bertz CT molecular complexity index is 1040. The van der Waals surface area contributed by atoms with Crippen molar-refractivity contribution in [3.8, 4) is 11.1 Å². The lowest BCUT2D eigenvalue weighted by atomic mass is 9.96. The molecule has 0 aliphatic heterocycles. The van der Waals surface area contributed by atoms with Crippen LogP contribution in [0, 0.1) is 0 Å². The molecule has 0 saturated carbocycles. The van der Waals surface area contributed by atoms with E-state index >= 15 is 0 Å². The van der Waals surface area contributed by atoms with Crippen LogP contribution in [-0.2, 0) is 6.42 Å². The van der Waals surface area contributed by atoms with Gasteiger partial charge in [-0.25, -0.2) is 9.97 Å². The Hall–Kier alpha value is -3.27. The summed E-state index contributed by atoms with van der Waals surface area (Å²) < 4.78 is 0. The van der Waals surface area contributed by atoms with E-state index in [4.69, 9.17) is 5.73 Å². The van der Waals surface area contributed by atoms with Crippen molar-refractivity contribution >= 4 is 16.7 Å². The van der Waals surface area contributed by atoms with Gasteiger partial charge in [0.1, 0.15) is 11.6 Å². The molecule has 0 aliphatic carbocycles. The molecule has 2 aromatic carbocycles. The van der Waals surface area contributed by atoms with Crippen LogP contribution in [0.4, 0.5) is 5.82 Å². The molecule has 4 aromatic rings. The van der Waals surface area contributed by atoms with Gasteiger partial charge in [-0.15, -0.1) is 0 Å². The lowest BCUT2D eigenvalue weighted by molar-refractivity contribution is 0.705. The van der Waals surface area contributed by atoms with Gasteiger partial charge in [0, 0.05) is 17.5 Å². The standard InChI is InChI=1S/C22H20N4/c1-15(22-25-20-14-24-11-10-19(20)21(23)26-22)12-16-6-5-9-18(13-16)17-7-3-2-4-8-17/h2-11,13-15H,12H2,1H3,(H2,23,25,26). The molecule has 26 heavy (non-hydrogen) atoms. The van der Waals surface area contributed by atoms with Gasteiger partial charge in [0.25, 0.3) is 0 Å². The van der Waals surface area contributed by atoms with Crippen molar-refractivity contribution in [3.05, 3.63) is 84.4 Å². The van der Waals surface area contributed by atoms with Crippen LogP contribution in [0.3, 0.4) is 0 Å². The molecule has 2 heterocycles. The predicted molar refractivity (Wildman–Crippen MR) is 106 cm³/mol. The highest BCUT2D eigenvalue weighted by Gasteiger charge is 2.13. The second-order valence-corrected chi connectivity index (χ2v) is 6.53. The fourth-order valence-electron chi connectivity index (χ4n) is 3.20. The van der Waals surface area contributed by atoms with Gasteiger partial charge in [0.05, 0.1) is 11.7 Å². The molecule has 4 rings (SSSR count). The number of fused-ring (bicyclic) bond motifs is 1. The van der Waals surface area contributed by atoms with E-state index in [2.05, 4.69) is 70.4 Å². The van der Waals surface area contributed by atoms with Crippen LogP contribution in [0.25, 0.3) is 22.0 Å². The van der Waals surface area contributed by atoms with Gasteiger partial charge in [0.15, 0.2) is 0 Å². The predicted octanol–water partition coefficient (Wildman–Crippen LogP) is 4.62. The fourth-order valence-corrected chi connectivity index (χ4v) is 3.20. The summed E-state index contributed by atoms with van der Waals surface area (Å²) in [6.07, 6.45) is 4.30. The third-order valence-electron chi connectivity index (χ3n) is 4.56. The summed E-state index contributed by atoms with van der Waals surface area (Å²) in [6.45, 7) is 2.13. The van der Waals surface area contributed by atoms with E-state index in [1.54, 1.807) is 12.4 Å². The molecule has 0 aliphatic rings. The largest absolute Gasteiger partial charge is 0.383 e. The summed E-state index contributed by atoms with van der Waals surface area (Å²) >= 11 is 0. The number of hydrogen-bond donors (Lipinski definition) is 1. The van der Waals surface area contributed by atoms with Gasteiger partial charge in [0.2, 0.25) is 0 Å². The van der Waals surface area contributed by atoms with Crippen molar-refractivity contribution in [2.75, 3.05) is 5.73 Å². The first-order valence-electron chi connectivity index (χ1n) is 8.72. The Labute approximate surface area is 152 Å². The number of anilines is 1. The van der Waals surface area contributed by atoms with Crippen LogP contribution in [0.15, 0.2) is 73.1 Å². The molecule has 0 fully saturated rings. The van der Waals surface area contributed by atoms with Crippen LogP contribution >= 0.6 is 0 Å². The zero-order valence-electron chi connectivity index (χ0n) is 14.6. The zero-order valence-corrected chi connectivity index (χ0v) is 14.6. The van der Waals surface area contributed by atoms with Crippen LogP contribution in [0.1, 0.15) is 24.2 Å². The average Bonchev–Trinajstić information content (AvgIpc) is 2.69. The third kappa shape index (κ3) is 3.26. The van der Waals surface area contributed by atoms with Gasteiger partial charge in [-0.1, -0.05) is 61.5 Å². The molecule has 128 valence electrons. The maximum atomic E-state index is 6.11. The monoisotopic (exact) mass is 340 g/mol. The van der Waals surface area contributed by atoms with Crippen LogP contribution in [0.5, 0.6) is 0 Å². The molecule has 0 saturated heterocycles. The first kappa shape index (κ1) is 16.2. The number of aromatic nitrogens is 3. The van der Waals surface area contributed by atoms with Crippen LogP contribution < -0.4 is 5.73 Å². The minimum absolute atomic E-state index is 0.160. The second-order valence-electron chi connectivity index (χ2n) is 6.53. The first-order chi connectivity index (χ1) is 12.7. The van der Waals surface area contributed by atoms with Gasteiger partial charge in [-0.3, -0.25) is 4.98 Å². The van der Waals surface area contributed by atoms with Crippen molar-refractivity contribution in [2.24, 2.45) is 0 Å². The van der Waals surface area contributed by atoms with Crippen molar-refractivity contribution < 1.29 is 0 Å². The Morgan fingerprint density at radius 1 is 0.923 bits per heavy atom. The van der Waals surface area contributed by atoms with Gasteiger partial charge in [-0.05, 0) is 29.2 Å². The Morgan fingerprint density at radius 3 is 2.58 bits per heavy atom. The number of benzene rings is 2. The number of nitrogens with two attached hydrogens (primary N) is 1. The topological polar surface area (TPSA) is 64.7 Å². The van der Waals surface area contributed by atoms with E-state index < -0.39 is 0 Å². The minimum atomic E-state index is 0.160. The van der Waals surface area contributed by atoms with E-state index in [-0.39, 0.29) is 5.92 Å². The summed E-state index contributed by atoms with van der Waals surface area (Å²) in [4.78, 5) is 13.3. The van der Waals surface area contributed by atoms with Crippen molar-refractivity contribution in [1.29, 1.82) is 0 Å². The number of nitrogen functional groups attached to an aromatic ring is 1. The summed E-state index contributed by atoms with van der Waals surface area (Å²) in [5.41, 5.74) is 10.6. The zero-order chi connectivity index (χ0) is 17.9. The highest BCUT2D eigenvalue weighted by Crippen LogP contribution is 2.25. The van der Waals surface area contributed by atoms with E-state index in [1.165, 1.54) is 16.7 Å². The minimum Gasteiger partial charge on any atom is -0.383 e. The normalized spacial score (nSPS) is 12.2. The highest BCUT2D eigenvalue weighted by atomic mass is 15.0. The smallest absolute Gasteiger partial charge is 0.135 e. The maximum Gasteiger partial charge on any atom is 0.135 e. The average molecular weight is 340 g/mol. The summed E-state index contributed by atoms with van der Waals surface area (Å²) in [5, 5.41) is 0.849. The number of rotatable bonds is 4.